The van der Waals surface area contributed by atoms with Crippen molar-refractivity contribution < 1.29 is 0 Å². The molecule has 3 fully saturated rings. The van der Waals surface area contributed by atoms with Crippen molar-refractivity contribution in [3.63, 3.8) is 0 Å². The smallest absolute Gasteiger partial charge is 0.0590 e. The van der Waals surface area contributed by atoms with Gasteiger partial charge in [-0.1, -0.05) is 36.4 Å². The van der Waals surface area contributed by atoms with Gasteiger partial charge >= 0.3 is 0 Å². The molecule has 1 aromatic rings. The van der Waals surface area contributed by atoms with Gasteiger partial charge in [0.2, 0.25) is 0 Å². The van der Waals surface area contributed by atoms with Gasteiger partial charge in [-0.05, 0) is 43.5 Å². The summed E-state index contributed by atoms with van der Waals surface area (Å²) >= 11 is 0. The largest absolute Gasteiger partial charge is 0.377 e. The Morgan fingerprint density at radius 3 is 3.10 bits per heavy atom. The third-order valence-electron chi connectivity index (χ3n) is 6.57. The molecule has 0 amide bonds. The molecule has 1 aromatic carbocycles. The minimum atomic E-state index is 0.281. The lowest BCUT2D eigenvalue weighted by Gasteiger charge is -2.52. The topological polar surface area (TPSA) is 15.3 Å². The number of hydrogen-bond donors (Lipinski definition) is 1. The van der Waals surface area contributed by atoms with E-state index in [9.17, 15) is 0 Å². The van der Waals surface area contributed by atoms with E-state index in [2.05, 4.69) is 54.1 Å². The average molecular weight is 278 g/mol. The number of para-hydroxylation sites is 1. The number of nitrogens with zero attached hydrogens (tertiary/aromatic N) is 1. The highest BCUT2D eigenvalue weighted by Gasteiger charge is 2.63. The Kier molecular flexibility index (Phi) is 2.18. The third-order valence-corrected chi connectivity index (χ3v) is 6.57. The van der Waals surface area contributed by atoms with Crippen LogP contribution in [-0.4, -0.2) is 30.1 Å². The second-order valence-corrected chi connectivity index (χ2v) is 7.13. The van der Waals surface area contributed by atoms with E-state index in [1.165, 1.54) is 30.6 Å². The van der Waals surface area contributed by atoms with E-state index in [-0.39, 0.29) is 5.41 Å². The van der Waals surface area contributed by atoms with Gasteiger partial charge in [-0.2, -0.15) is 0 Å². The normalized spacial score (nSPS) is 41.9. The number of nitrogens with one attached hydrogen (secondary N) is 1. The Labute approximate surface area is 126 Å². The highest BCUT2D eigenvalue weighted by molar-refractivity contribution is 5.67. The van der Waals surface area contributed by atoms with E-state index < -0.39 is 0 Å². The first-order valence-corrected chi connectivity index (χ1v) is 8.19. The molecule has 3 aliphatic heterocycles. The molecule has 2 saturated heterocycles. The van der Waals surface area contributed by atoms with Gasteiger partial charge in [0.1, 0.15) is 0 Å². The SMILES string of the molecule is C=C1[C@H]2C[C@@H]3N(CCC34c3ccccc3N[C@@H]14)C/C2=C\C. The highest BCUT2D eigenvalue weighted by Crippen LogP contribution is 2.60. The van der Waals surface area contributed by atoms with Crippen LogP contribution in [0.4, 0.5) is 5.69 Å². The Bertz CT molecular complexity index is 674. The van der Waals surface area contributed by atoms with Crippen molar-refractivity contribution in [2.24, 2.45) is 5.92 Å². The van der Waals surface area contributed by atoms with Crippen LogP contribution in [0, 0.1) is 5.92 Å². The molecule has 3 heterocycles. The first kappa shape index (κ1) is 12.0. The monoisotopic (exact) mass is 278 g/mol. The van der Waals surface area contributed by atoms with Crippen molar-refractivity contribution in [3.05, 3.63) is 53.6 Å². The van der Waals surface area contributed by atoms with E-state index in [0.29, 0.717) is 18.0 Å². The van der Waals surface area contributed by atoms with Crippen molar-refractivity contribution in [1.29, 1.82) is 0 Å². The number of rotatable bonds is 0. The maximum absolute atomic E-state index is 4.55. The van der Waals surface area contributed by atoms with Gasteiger partial charge < -0.3 is 5.32 Å². The predicted octanol–water partition coefficient (Wildman–Crippen LogP) is 3.33. The molecule has 0 aromatic heterocycles. The van der Waals surface area contributed by atoms with Gasteiger partial charge in [0, 0.05) is 29.6 Å². The third kappa shape index (κ3) is 1.24. The van der Waals surface area contributed by atoms with Crippen molar-refractivity contribution in [2.45, 2.75) is 37.3 Å². The fraction of sp³-hybridized carbons (Fsp3) is 0.474. The summed E-state index contributed by atoms with van der Waals surface area (Å²) in [5.41, 5.74) is 6.19. The van der Waals surface area contributed by atoms with Crippen LogP contribution < -0.4 is 5.32 Å². The summed E-state index contributed by atoms with van der Waals surface area (Å²) < 4.78 is 0. The molecule has 1 unspecified atom stereocenters. The van der Waals surface area contributed by atoms with Gasteiger partial charge in [0.05, 0.1) is 6.04 Å². The lowest BCUT2D eigenvalue weighted by atomic mass is 9.58. The molecule has 1 N–H and O–H groups in total. The quantitative estimate of drug-likeness (QED) is 0.732. The molecule has 21 heavy (non-hydrogen) atoms. The zero-order valence-corrected chi connectivity index (χ0v) is 12.6. The highest BCUT2D eigenvalue weighted by atomic mass is 15.2. The number of fused-ring (bicyclic) bond motifs is 2. The summed E-state index contributed by atoms with van der Waals surface area (Å²) in [7, 11) is 0. The van der Waals surface area contributed by atoms with Crippen LogP contribution in [0.3, 0.4) is 0 Å². The molecule has 1 saturated carbocycles. The zero-order valence-electron chi connectivity index (χ0n) is 12.6. The lowest BCUT2D eigenvalue weighted by molar-refractivity contribution is 0.133. The molecule has 5 rings (SSSR count). The molecule has 108 valence electrons. The number of anilines is 1. The molecule has 2 heteroatoms. The van der Waals surface area contributed by atoms with Crippen LogP contribution in [0.25, 0.3) is 0 Å². The van der Waals surface area contributed by atoms with Gasteiger partial charge in [-0.15, -0.1) is 0 Å². The summed E-state index contributed by atoms with van der Waals surface area (Å²) in [6.45, 7) is 9.13. The van der Waals surface area contributed by atoms with Crippen LogP contribution in [0.2, 0.25) is 0 Å². The number of benzene rings is 1. The number of allylic oxidation sites excluding steroid dienone is 1. The summed E-state index contributed by atoms with van der Waals surface area (Å²) in [6, 6.07) is 10.1. The van der Waals surface area contributed by atoms with Gasteiger partial charge in [-0.3, -0.25) is 4.90 Å². The molecule has 4 atom stereocenters. The molecule has 0 radical (unpaired) electrons. The Balaban J connectivity index is 1.73. The summed E-state index contributed by atoms with van der Waals surface area (Å²) in [4.78, 5) is 2.73. The first-order chi connectivity index (χ1) is 10.3. The first-order valence-electron chi connectivity index (χ1n) is 8.19. The zero-order chi connectivity index (χ0) is 14.2. The van der Waals surface area contributed by atoms with Crippen LogP contribution in [0.1, 0.15) is 25.3 Å². The Morgan fingerprint density at radius 1 is 1.38 bits per heavy atom. The number of piperidine rings is 1. The van der Waals surface area contributed by atoms with Crippen LogP contribution >= 0.6 is 0 Å². The molecule has 1 spiro atoms. The standard InChI is InChI=1S/C19H22N2/c1-3-13-11-21-9-8-19-15-6-4-5-7-16(15)20-18(19)12(2)14(13)10-17(19)21/h3-7,14,17-18,20H,2,8-11H2,1H3/b13-3+/t14-,17+,18+,19?/m1/s1. The number of hydrogen-bond acceptors (Lipinski definition) is 2. The maximum atomic E-state index is 4.55. The summed E-state index contributed by atoms with van der Waals surface area (Å²) in [6.07, 6.45) is 4.87. The Hall–Kier alpha value is -1.54. The van der Waals surface area contributed by atoms with Crippen LogP contribution in [-0.2, 0) is 5.41 Å². The average Bonchev–Trinajstić information content (AvgIpc) is 3.07. The summed E-state index contributed by atoms with van der Waals surface area (Å²) in [5.74, 6) is 0.592. The van der Waals surface area contributed by atoms with E-state index in [0.717, 1.165) is 6.54 Å². The minimum absolute atomic E-state index is 0.281. The minimum Gasteiger partial charge on any atom is -0.377 e. The predicted molar refractivity (Wildman–Crippen MR) is 86.5 cm³/mol. The molecular weight excluding hydrogens is 256 g/mol. The molecule has 4 aliphatic rings. The fourth-order valence-corrected chi connectivity index (χ4v) is 5.66. The van der Waals surface area contributed by atoms with Gasteiger partial charge in [-0.25, -0.2) is 0 Å². The van der Waals surface area contributed by atoms with Crippen molar-refractivity contribution in [3.8, 4) is 0 Å². The molecular formula is C19H22N2. The van der Waals surface area contributed by atoms with Crippen molar-refractivity contribution in [2.75, 3.05) is 18.4 Å². The van der Waals surface area contributed by atoms with Crippen molar-refractivity contribution >= 4 is 5.69 Å². The molecule has 1 aliphatic carbocycles. The van der Waals surface area contributed by atoms with E-state index in [4.69, 9.17) is 0 Å². The van der Waals surface area contributed by atoms with Gasteiger partial charge in [0.15, 0.2) is 0 Å². The molecule has 2 bridgehead atoms. The Morgan fingerprint density at radius 2 is 2.24 bits per heavy atom. The van der Waals surface area contributed by atoms with Crippen LogP contribution in [0.15, 0.2) is 48.1 Å². The van der Waals surface area contributed by atoms with Crippen LogP contribution in [0.5, 0.6) is 0 Å². The molecule has 2 nitrogen and oxygen atoms in total. The van der Waals surface area contributed by atoms with Gasteiger partial charge in [0.25, 0.3) is 0 Å². The van der Waals surface area contributed by atoms with E-state index in [1.807, 2.05) is 0 Å². The second-order valence-electron chi connectivity index (χ2n) is 7.13. The lowest BCUT2D eigenvalue weighted by Crippen LogP contribution is -2.58. The van der Waals surface area contributed by atoms with E-state index >= 15 is 0 Å². The van der Waals surface area contributed by atoms with E-state index in [1.54, 1.807) is 11.1 Å². The summed E-state index contributed by atoms with van der Waals surface area (Å²) in [5, 5.41) is 3.82. The fourth-order valence-electron chi connectivity index (χ4n) is 5.66. The second kappa shape index (κ2) is 3.80. The maximum Gasteiger partial charge on any atom is 0.0590 e. The van der Waals surface area contributed by atoms with Crippen molar-refractivity contribution in [1.82, 2.24) is 4.90 Å².